The minimum absolute atomic E-state index is 0.00885. The van der Waals surface area contributed by atoms with Crippen LogP contribution in [0.15, 0.2) is 12.1 Å². The van der Waals surface area contributed by atoms with Crippen molar-refractivity contribution in [2.24, 2.45) is 7.05 Å². The second-order valence-corrected chi connectivity index (χ2v) is 8.31. The average Bonchev–Trinajstić information content (AvgIpc) is 2.91. The number of carbonyl (C=O) groups is 1. The lowest BCUT2D eigenvalue weighted by Gasteiger charge is -2.14. The number of aryl methyl sites for hydroxylation is 3. The topological polar surface area (TPSA) is 46.9 Å². The second kappa shape index (κ2) is 5.88. The van der Waals surface area contributed by atoms with Gasteiger partial charge in [-0.25, -0.2) is 0 Å². The molecule has 1 amide bonds. The molecule has 0 spiro atoms. The van der Waals surface area contributed by atoms with Gasteiger partial charge in [0.25, 0.3) is 5.91 Å². The van der Waals surface area contributed by atoms with Gasteiger partial charge in [-0.05, 0) is 38.5 Å². The van der Waals surface area contributed by atoms with Gasteiger partial charge in [0.15, 0.2) is 0 Å². The van der Waals surface area contributed by atoms with Crippen molar-refractivity contribution in [1.29, 1.82) is 0 Å². The molecular weight excluding hydrogens is 294 g/mol. The van der Waals surface area contributed by atoms with Crippen LogP contribution in [0.3, 0.4) is 0 Å². The summed E-state index contributed by atoms with van der Waals surface area (Å²) in [6, 6.07) is 4.02. The van der Waals surface area contributed by atoms with Gasteiger partial charge in [0, 0.05) is 22.2 Å². The predicted molar refractivity (Wildman–Crippen MR) is 91.6 cm³/mol. The first-order valence-electron chi connectivity index (χ1n) is 7.52. The summed E-state index contributed by atoms with van der Waals surface area (Å²) in [4.78, 5) is 15.1. The molecule has 0 aliphatic carbocycles. The first-order chi connectivity index (χ1) is 10.1. The number of nitrogens with zero attached hydrogens (tertiary/aromatic N) is 2. The molecule has 0 saturated heterocycles. The third kappa shape index (κ3) is 3.40. The predicted octanol–water partition coefficient (Wildman–Crippen LogP) is 3.89. The quantitative estimate of drug-likeness (QED) is 0.933. The van der Waals surface area contributed by atoms with Crippen LogP contribution in [0.25, 0.3) is 0 Å². The molecule has 0 radical (unpaired) electrons. The molecule has 5 heteroatoms. The van der Waals surface area contributed by atoms with E-state index in [1.54, 1.807) is 16.0 Å². The number of aromatic nitrogens is 2. The standard InChI is InChI=1S/C17H25N3OS/c1-10-8-13(12(3)22-10)11(2)18-16(21)14-9-15(17(4,5)6)19-20(14)7/h8-9,11H,1-7H3,(H,18,21). The molecule has 2 rings (SSSR count). The number of hydrogen-bond acceptors (Lipinski definition) is 3. The van der Waals surface area contributed by atoms with Crippen molar-refractivity contribution in [2.45, 2.75) is 53.0 Å². The molecule has 120 valence electrons. The minimum Gasteiger partial charge on any atom is -0.344 e. The molecular formula is C17H25N3OS. The van der Waals surface area contributed by atoms with Crippen LogP contribution in [0, 0.1) is 13.8 Å². The Labute approximate surface area is 136 Å². The lowest BCUT2D eigenvalue weighted by atomic mass is 9.92. The molecule has 1 N–H and O–H groups in total. The maximum atomic E-state index is 12.5. The molecule has 22 heavy (non-hydrogen) atoms. The molecule has 0 saturated carbocycles. The lowest BCUT2D eigenvalue weighted by molar-refractivity contribution is 0.0930. The molecule has 0 fully saturated rings. The summed E-state index contributed by atoms with van der Waals surface area (Å²) >= 11 is 1.76. The first kappa shape index (κ1) is 16.7. The van der Waals surface area contributed by atoms with Crippen molar-refractivity contribution in [1.82, 2.24) is 15.1 Å². The van der Waals surface area contributed by atoms with Crippen LogP contribution in [-0.4, -0.2) is 15.7 Å². The fourth-order valence-corrected chi connectivity index (χ4v) is 3.50. The Morgan fingerprint density at radius 2 is 1.95 bits per heavy atom. The maximum Gasteiger partial charge on any atom is 0.270 e. The minimum atomic E-state index is -0.0822. The zero-order valence-electron chi connectivity index (χ0n) is 14.4. The van der Waals surface area contributed by atoms with E-state index in [0.29, 0.717) is 5.69 Å². The Hall–Kier alpha value is -1.62. The number of carbonyl (C=O) groups excluding carboxylic acids is 1. The normalized spacial score (nSPS) is 13.2. The zero-order valence-corrected chi connectivity index (χ0v) is 15.3. The summed E-state index contributed by atoms with van der Waals surface area (Å²) in [6.45, 7) is 12.5. The SMILES string of the molecule is Cc1cc(C(C)NC(=O)c2cc(C(C)(C)C)nn2C)c(C)s1. The lowest BCUT2D eigenvalue weighted by Crippen LogP contribution is -2.28. The number of thiophene rings is 1. The Balaban J connectivity index is 2.19. The molecule has 2 aromatic heterocycles. The van der Waals surface area contributed by atoms with Crippen LogP contribution < -0.4 is 5.32 Å². The summed E-state index contributed by atoms with van der Waals surface area (Å²) in [5.41, 5.74) is 2.65. The summed E-state index contributed by atoms with van der Waals surface area (Å²) in [6.07, 6.45) is 0. The van der Waals surface area contributed by atoms with Crippen molar-refractivity contribution in [3.63, 3.8) is 0 Å². The van der Waals surface area contributed by atoms with E-state index < -0.39 is 0 Å². The van der Waals surface area contributed by atoms with Crippen molar-refractivity contribution < 1.29 is 4.79 Å². The average molecular weight is 319 g/mol. The van der Waals surface area contributed by atoms with Crippen LogP contribution in [-0.2, 0) is 12.5 Å². The Kier molecular flexibility index (Phi) is 4.47. The molecule has 1 unspecified atom stereocenters. The van der Waals surface area contributed by atoms with Gasteiger partial charge < -0.3 is 5.32 Å². The Bertz CT molecular complexity index is 691. The summed E-state index contributed by atoms with van der Waals surface area (Å²) in [7, 11) is 1.81. The van der Waals surface area contributed by atoms with Gasteiger partial charge in [0.2, 0.25) is 0 Å². The maximum absolute atomic E-state index is 12.5. The molecule has 0 bridgehead atoms. The van der Waals surface area contributed by atoms with Gasteiger partial charge in [-0.15, -0.1) is 11.3 Å². The van der Waals surface area contributed by atoms with E-state index in [1.165, 1.54) is 15.3 Å². The van der Waals surface area contributed by atoms with E-state index in [9.17, 15) is 4.79 Å². The van der Waals surface area contributed by atoms with E-state index >= 15 is 0 Å². The van der Waals surface area contributed by atoms with Gasteiger partial charge in [-0.2, -0.15) is 5.10 Å². The largest absolute Gasteiger partial charge is 0.344 e. The van der Waals surface area contributed by atoms with Crippen molar-refractivity contribution in [3.8, 4) is 0 Å². The Morgan fingerprint density at radius 1 is 1.32 bits per heavy atom. The fourth-order valence-electron chi connectivity index (χ4n) is 2.47. The van der Waals surface area contributed by atoms with E-state index in [-0.39, 0.29) is 17.4 Å². The van der Waals surface area contributed by atoms with Crippen LogP contribution in [0.1, 0.15) is 65.2 Å². The molecule has 2 heterocycles. The highest BCUT2D eigenvalue weighted by Gasteiger charge is 2.23. The van der Waals surface area contributed by atoms with Crippen LogP contribution in [0.2, 0.25) is 0 Å². The molecule has 1 atom stereocenters. The molecule has 2 aromatic rings. The van der Waals surface area contributed by atoms with E-state index in [4.69, 9.17) is 0 Å². The smallest absolute Gasteiger partial charge is 0.270 e. The van der Waals surface area contributed by atoms with Gasteiger partial charge in [0.05, 0.1) is 11.7 Å². The van der Waals surface area contributed by atoms with E-state index in [2.05, 4.69) is 51.1 Å². The van der Waals surface area contributed by atoms with Crippen molar-refractivity contribution >= 4 is 17.2 Å². The molecule has 4 nitrogen and oxygen atoms in total. The third-order valence-electron chi connectivity index (χ3n) is 3.77. The third-order valence-corrected chi connectivity index (χ3v) is 4.76. The summed E-state index contributed by atoms with van der Waals surface area (Å²) in [5.74, 6) is -0.0822. The van der Waals surface area contributed by atoms with Crippen molar-refractivity contribution in [2.75, 3.05) is 0 Å². The summed E-state index contributed by atoms with van der Waals surface area (Å²) in [5, 5.41) is 7.54. The molecule has 0 aliphatic rings. The number of amides is 1. The monoisotopic (exact) mass is 319 g/mol. The highest BCUT2D eigenvalue weighted by Crippen LogP contribution is 2.26. The highest BCUT2D eigenvalue weighted by atomic mass is 32.1. The number of hydrogen-bond donors (Lipinski definition) is 1. The van der Waals surface area contributed by atoms with Gasteiger partial charge in [-0.1, -0.05) is 20.8 Å². The first-order valence-corrected chi connectivity index (χ1v) is 8.33. The summed E-state index contributed by atoms with van der Waals surface area (Å²) < 4.78 is 1.66. The fraction of sp³-hybridized carbons (Fsp3) is 0.529. The number of rotatable bonds is 3. The van der Waals surface area contributed by atoms with Crippen molar-refractivity contribution in [3.05, 3.63) is 38.8 Å². The molecule has 0 aliphatic heterocycles. The zero-order chi connectivity index (χ0) is 16.7. The Morgan fingerprint density at radius 3 is 2.41 bits per heavy atom. The van der Waals surface area contributed by atoms with Crippen LogP contribution >= 0.6 is 11.3 Å². The van der Waals surface area contributed by atoms with Gasteiger partial charge >= 0.3 is 0 Å². The van der Waals surface area contributed by atoms with Crippen LogP contribution in [0.5, 0.6) is 0 Å². The van der Waals surface area contributed by atoms with Crippen LogP contribution in [0.4, 0.5) is 0 Å². The van der Waals surface area contributed by atoms with E-state index in [0.717, 1.165) is 5.69 Å². The highest BCUT2D eigenvalue weighted by molar-refractivity contribution is 7.12. The van der Waals surface area contributed by atoms with Gasteiger partial charge in [0.1, 0.15) is 5.69 Å². The second-order valence-electron chi connectivity index (χ2n) is 6.85. The van der Waals surface area contributed by atoms with Gasteiger partial charge in [-0.3, -0.25) is 9.48 Å². The van der Waals surface area contributed by atoms with E-state index in [1.807, 2.05) is 20.0 Å². The number of nitrogens with one attached hydrogen (secondary N) is 1. The molecule has 0 aromatic carbocycles.